The van der Waals surface area contributed by atoms with E-state index < -0.39 is 0 Å². The number of benzene rings is 1. The molecule has 1 heterocycles. The normalized spacial score (nSPS) is 10.9. The number of rotatable bonds is 4. The average molecular weight is 214 g/mol. The molecule has 0 amide bonds. The predicted molar refractivity (Wildman–Crippen MR) is 68.2 cm³/mol. The Bertz CT molecular complexity index is 477. The molecule has 2 rings (SSSR count). The second-order valence-electron chi connectivity index (χ2n) is 4.14. The fraction of sp³-hybridized carbons (Fsp3) is 0.357. The van der Waals surface area contributed by atoms with Crippen molar-refractivity contribution in [2.24, 2.45) is 5.73 Å². The summed E-state index contributed by atoms with van der Waals surface area (Å²) in [5, 5.41) is 1.19. The maximum atomic E-state index is 5.60. The molecule has 84 valence electrons. The molecule has 0 bridgehead atoms. The monoisotopic (exact) mass is 214 g/mol. The van der Waals surface area contributed by atoms with Gasteiger partial charge in [-0.2, -0.15) is 0 Å². The van der Waals surface area contributed by atoms with Gasteiger partial charge in [-0.15, -0.1) is 0 Å². The van der Waals surface area contributed by atoms with Crippen LogP contribution >= 0.6 is 0 Å². The van der Waals surface area contributed by atoms with Crippen molar-refractivity contribution in [3.8, 4) is 0 Å². The Morgan fingerprint density at radius 2 is 2.00 bits per heavy atom. The molecule has 2 N–H and O–H groups in total. The van der Waals surface area contributed by atoms with Crippen LogP contribution in [0, 0.1) is 0 Å². The summed E-state index contributed by atoms with van der Waals surface area (Å²) in [4.78, 5) is 4.54. The highest BCUT2D eigenvalue weighted by atomic mass is 14.7. The molecule has 0 aliphatic carbocycles. The molecular weight excluding hydrogens is 196 g/mol. The summed E-state index contributed by atoms with van der Waals surface area (Å²) in [6, 6.07) is 10.6. The molecule has 0 radical (unpaired) electrons. The smallest absolute Gasteiger partial charge is 0.0708 e. The van der Waals surface area contributed by atoms with E-state index in [0.717, 1.165) is 17.6 Å². The Balaban J connectivity index is 2.35. The van der Waals surface area contributed by atoms with E-state index in [2.05, 4.69) is 36.2 Å². The zero-order valence-electron chi connectivity index (χ0n) is 9.74. The lowest BCUT2D eigenvalue weighted by atomic mass is 10.1. The molecule has 0 aliphatic rings. The first kappa shape index (κ1) is 11.1. The lowest BCUT2D eigenvalue weighted by Crippen LogP contribution is -1.99. The number of fused-ring (bicyclic) bond motifs is 1. The van der Waals surface area contributed by atoms with Crippen LogP contribution in [-0.4, -0.2) is 4.98 Å². The number of nitrogens with zero attached hydrogens (tertiary/aromatic N) is 1. The van der Waals surface area contributed by atoms with E-state index in [1.807, 2.05) is 6.07 Å². The van der Waals surface area contributed by atoms with Crippen molar-refractivity contribution in [3.63, 3.8) is 0 Å². The topological polar surface area (TPSA) is 38.9 Å². The number of nitrogens with two attached hydrogens (primary N) is 1. The van der Waals surface area contributed by atoms with Crippen LogP contribution in [0.3, 0.4) is 0 Å². The van der Waals surface area contributed by atoms with E-state index in [9.17, 15) is 0 Å². The zero-order valence-corrected chi connectivity index (χ0v) is 9.74. The van der Waals surface area contributed by atoms with Gasteiger partial charge in [-0.05, 0) is 30.5 Å². The second kappa shape index (κ2) is 5.08. The first-order valence-electron chi connectivity index (χ1n) is 5.92. The van der Waals surface area contributed by atoms with Crippen molar-refractivity contribution in [2.45, 2.75) is 32.7 Å². The highest BCUT2D eigenvalue weighted by Crippen LogP contribution is 2.16. The molecule has 0 spiro atoms. The summed E-state index contributed by atoms with van der Waals surface area (Å²) in [5.74, 6) is 0. The molecule has 0 unspecified atom stereocenters. The summed E-state index contributed by atoms with van der Waals surface area (Å²) in [7, 11) is 0. The van der Waals surface area contributed by atoms with Crippen molar-refractivity contribution in [1.29, 1.82) is 0 Å². The highest BCUT2D eigenvalue weighted by molar-refractivity contribution is 5.79. The molecule has 16 heavy (non-hydrogen) atoms. The van der Waals surface area contributed by atoms with E-state index in [1.54, 1.807) is 0 Å². The molecule has 1 aromatic heterocycles. The molecule has 2 aromatic rings. The zero-order chi connectivity index (χ0) is 11.4. The molecule has 2 heteroatoms. The number of aromatic nitrogens is 1. The van der Waals surface area contributed by atoms with Gasteiger partial charge in [0, 0.05) is 11.9 Å². The van der Waals surface area contributed by atoms with Crippen molar-refractivity contribution in [1.82, 2.24) is 4.98 Å². The number of aryl methyl sites for hydroxylation is 1. The largest absolute Gasteiger partial charge is 0.325 e. The highest BCUT2D eigenvalue weighted by Gasteiger charge is 1.99. The standard InChI is InChI=1S/C14H18N2/c1-2-3-4-11-5-6-12-7-8-13(10-15)16-14(12)9-11/h5-9H,2-4,10,15H2,1H3. The number of pyridine rings is 1. The summed E-state index contributed by atoms with van der Waals surface area (Å²) in [6.45, 7) is 2.72. The maximum Gasteiger partial charge on any atom is 0.0708 e. The third-order valence-corrected chi connectivity index (χ3v) is 2.84. The van der Waals surface area contributed by atoms with Gasteiger partial charge in [0.25, 0.3) is 0 Å². The maximum absolute atomic E-state index is 5.60. The fourth-order valence-corrected chi connectivity index (χ4v) is 1.86. The second-order valence-corrected chi connectivity index (χ2v) is 4.14. The SMILES string of the molecule is CCCCc1ccc2ccc(CN)nc2c1. The molecule has 1 aromatic carbocycles. The van der Waals surface area contributed by atoms with Crippen LogP contribution in [0.2, 0.25) is 0 Å². The van der Waals surface area contributed by atoms with Gasteiger partial charge >= 0.3 is 0 Å². The summed E-state index contributed by atoms with van der Waals surface area (Å²) < 4.78 is 0. The van der Waals surface area contributed by atoms with Gasteiger partial charge in [0.15, 0.2) is 0 Å². The molecule has 0 saturated carbocycles. The molecule has 0 saturated heterocycles. The van der Waals surface area contributed by atoms with Gasteiger partial charge < -0.3 is 5.73 Å². The molecule has 0 fully saturated rings. The Morgan fingerprint density at radius 1 is 1.19 bits per heavy atom. The van der Waals surface area contributed by atoms with Gasteiger partial charge in [0.05, 0.1) is 11.2 Å². The molecule has 2 nitrogen and oxygen atoms in total. The quantitative estimate of drug-likeness (QED) is 0.849. The van der Waals surface area contributed by atoms with E-state index in [1.165, 1.54) is 23.8 Å². The number of hydrogen-bond donors (Lipinski definition) is 1. The summed E-state index contributed by atoms with van der Waals surface area (Å²) >= 11 is 0. The van der Waals surface area contributed by atoms with Crippen molar-refractivity contribution >= 4 is 10.9 Å². The van der Waals surface area contributed by atoms with Gasteiger partial charge in [0.1, 0.15) is 0 Å². The summed E-state index contributed by atoms with van der Waals surface area (Å²) in [6.07, 6.45) is 3.61. The third kappa shape index (κ3) is 2.39. The van der Waals surface area contributed by atoms with E-state index in [-0.39, 0.29) is 0 Å². The molecular formula is C14H18N2. The van der Waals surface area contributed by atoms with Crippen molar-refractivity contribution in [2.75, 3.05) is 0 Å². The minimum absolute atomic E-state index is 0.509. The van der Waals surface area contributed by atoms with Gasteiger partial charge in [-0.1, -0.05) is 31.5 Å². The molecule has 0 atom stereocenters. The fourth-order valence-electron chi connectivity index (χ4n) is 1.86. The van der Waals surface area contributed by atoms with Crippen molar-refractivity contribution in [3.05, 3.63) is 41.6 Å². The predicted octanol–water partition coefficient (Wildman–Crippen LogP) is 3.04. The Kier molecular flexibility index (Phi) is 3.52. The average Bonchev–Trinajstić information content (AvgIpc) is 2.35. The van der Waals surface area contributed by atoms with Crippen LogP contribution in [-0.2, 0) is 13.0 Å². The van der Waals surface area contributed by atoms with Crippen LogP contribution in [0.15, 0.2) is 30.3 Å². The Morgan fingerprint density at radius 3 is 2.75 bits per heavy atom. The first-order chi connectivity index (χ1) is 7.83. The third-order valence-electron chi connectivity index (χ3n) is 2.84. The van der Waals surface area contributed by atoms with Gasteiger partial charge in [-0.3, -0.25) is 4.98 Å². The minimum Gasteiger partial charge on any atom is -0.325 e. The van der Waals surface area contributed by atoms with Crippen LogP contribution in [0.5, 0.6) is 0 Å². The Labute approximate surface area is 96.5 Å². The number of unbranched alkanes of at least 4 members (excludes halogenated alkanes) is 1. The minimum atomic E-state index is 0.509. The van der Waals surface area contributed by atoms with E-state index in [0.29, 0.717) is 6.54 Å². The van der Waals surface area contributed by atoms with Crippen LogP contribution < -0.4 is 5.73 Å². The Hall–Kier alpha value is -1.41. The van der Waals surface area contributed by atoms with Crippen LogP contribution in [0.4, 0.5) is 0 Å². The van der Waals surface area contributed by atoms with Crippen molar-refractivity contribution < 1.29 is 0 Å². The van der Waals surface area contributed by atoms with Crippen LogP contribution in [0.1, 0.15) is 31.0 Å². The van der Waals surface area contributed by atoms with Gasteiger partial charge in [-0.25, -0.2) is 0 Å². The van der Waals surface area contributed by atoms with Crippen LogP contribution in [0.25, 0.3) is 10.9 Å². The van der Waals surface area contributed by atoms with E-state index >= 15 is 0 Å². The first-order valence-corrected chi connectivity index (χ1v) is 5.92. The summed E-state index contributed by atoms with van der Waals surface area (Å²) in [5.41, 5.74) is 8.99. The number of hydrogen-bond acceptors (Lipinski definition) is 2. The lowest BCUT2D eigenvalue weighted by Gasteiger charge is -2.04. The lowest BCUT2D eigenvalue weighted by molar-refractivity contribution is 0.795. The van der Waals surface area contributed by atoms with Gasteiger partial charge in [0.2, 0.25) is 0 Å². The van der Waals surface area contributed by atoms with E-state index in [4.69, 9.17) is 5.73 Å². The molecule has 0 aliphatic heterocycles.